The molecule has 1 atom stereocenters. The van der Waals surface area contributed by atoms with Crippen LogP contribution in [0.3, 0.4) is 0 Å². The summed E-state index contributed by atoms with van der Waals surface area (Å²) >= 11 is 0. The van der Waals surface area contributed by atoms with Gasteiger partial charge in [-0.25, -0.2) is 15.0 Å². The van der Waals surface area contributed by atoms with E-state index in [1.165, 1.54) is 38.9 Å². The molecule has 0 amide bonds. The lowest BCUT2D eigenvalue weighted by Gasteiger charge is -2.33. The van der Waals surface area contributed by atoms with E-state index in [4.69, 9.17) is 15.0 Å². The van der Waals surface area contributed by atoms with Crippen LogP contribution in [0.25, 0.3) is 67.5 Å². The highest BCUT2D eigenvalue weighted by atomic mass is 15.0. The van der Waals surface area contributed by atoms with Crippen LogP contribution >= 0.6 is 0 Å². The number of hydrogen-bond donors (Lipinski definition) is 0. The Morgan fingerprint density at radius 1 is 0.414 bits per heavy atom. The Morgan fingerprint density at radius 3 is 1.59 bits per heavy atom. The van der Waals surface area contributed by atoms with Gasteiger partial charge in [0, 0.05) is 53.9 Å². The van der Waals surface area contributed by atoms with E-state index in [0.29, 0.717) is 17.5 Å². The number of fused-ring (bicyclic) bond motifs is 3. The minimum atomic E-state index is -0.477. The number of nitrogens with zero attached hydrogens (tertiary/aromatic N) is 6. The number of hydrogen-bond acceptors (Lipinski definition) is 6. The third kappa shape index (κ3) is 6.46. The molecule has 0 saturated carbocycles. The van der Waals surface area contributed by atoms with Crippen molar-refractivity contribution in [1.82, 2.24) is 29.9 Å². The molecule has 4 aromatic heterocycles. The largest absolute Gasteiger partial charge is 0.265 e. The Kier molecular flexibility index (Phi) is 9.80. The van der Waals surface area contributed by atoms with Crippen molar-refractivity contribution in [2.45, 2.75) is 12.3 Å². The van der Waals surface area contributed by atoms with Crippen molar-refractivity contribution in [1.29, 1.82) is 0 Å². The van der Waals surface area contributed by atoms with Gasteiger partial charge in [-0.3, -0.25) is 15.0 Å². The molecule has 0 bridgehead atoms. The van der Waals surface area contributed by atoms with Crippen molar-refractivity contribution in [2.24, 2.45) is 0 Å². The fraction of sp³-hybridized carbons (Fsp3) is 0.0385. The van der Waals surface area contributed by atoms with Gasteiger partial charge >= 0.3 is 0 Å². The highest BCUT2D eigenvalue weighted by Gasteiger charge is 2.46. The van der Waals surface area contributed by atoms with Crippen LogP contribution in [0.4, 0.5) is 0 Å². The summed E-state index contributed by atoms with van der Waals surface area (Å²) in [5.74, 6) is 1.70. The van der Waals surface area contributed by atoms with Crippen LogP contribution in [0.1, 0.15) is 29.2 Å². The number of allylic oxidation sites excluding steroid dienone is 1. The minimum Gasteiger partial charge on any atom is -0.265 e. The van der Waals surface area contributed by atoms with Gasteiger partial charge in [0.15, 0.2) is 17.5 Å². The molecule has 0 saturated heterocycles. The molecule has 6 heteroatoms. The van der Waals surface area contributed by atoms with Crippen molar-refractivity contribution in [3.8, 4) is 67.5 Å². The predicted molar refractivity (Wildman–Crippen MR) is 234 cm³/mol. The number of benzene rings is 5. The second-order valence-corrected chi connectivity index (χ2v) is 14.0. The second kappa shape index (κ2) is 15.8. The van der Waals surface area contributed by atoms with Crippen molar-refractivity contribution in [3.63, 3.8) is 0 Å². The predicted octanol–water partition coefficient (Wildman–Crippen LogP) is 11.9. The van der Waals surface area contributed by atoms with Crippen molar-refractivity contribution >= 4 is 0 Å². The first-order valence-corrected chi connectivity index (χ1v) is 19.2. The normalized spacial score (nSPS) is 13.7. The summed E-state index contributed by atoms with van der Waals surface area (Å²) in [5, 5.41) is 0. The monoisotopic (exact) mass is 746 g/mol. The van der Waals surface area contributed by atoms with Crippen molar-refractivity contribution < 1.29 is 0 Å². The maximum Gasteiger partial charge on any atom is 0.165 e. The molecule has 276 valence electrons. The van der Waals surface area contributed by atoms with Gasteiger partial charge in [0.2, 0.25) is 0 Å². The molecule has 9 aromatic rings. The molecule has 1 unspecified atom stereocenters. The Balaban J connectivity index is 0.00000141. The summed E-state index contributed by atoms with van der Waals surface area (Å²) < 4.78 is 0. The average molecular weight is 747 g/mol. The van der Waals surface area contributed by atoms with E-state index in [1.54, 1.807) is 30.9 Å². The smallest absolute Gasteiger partial charge is 0.165 e. The standard InChI is InChI=1S/C49H32N6.C3H6/c1-2-14-39(15-3-1)49(40-24-28-50-29-25-40)43-18-5-4-16-42(43)45-41(17-7-19-44(45)49)34-22-20-33(21-23-34)35-10-6-11-36(30-35)46-53-47(37-12-8-26-51-31-37)55-48(54-46)38-13-9-27-52-32-38;1-3-2/h1-32H;3H,1H2,2H3. The van der Waals surface area contributed by atoms with Crippen LogP contribution in [-0.2, 0) is 5.41 Å². The first kappa shape index (κ1) is 36.0. The molecule has 1 aliphatic rings. The highest BCUT2D eigenvalue weighted by molar-refractivity contribution is 5.95. The molecule has 1 aliphatic carbocycles. The first-order valence-electron chi connectivity index (χ1n) is 19.2. The summed E-state index contributed by atoms with van der Waals surface area (Å²) in [7, 11) is 0. The molecule has 0 spiro atoms. The molecule has 6 nitrogen and oxygen atoms in total. The third-order valence-corrected chi connectivity index (χ3v) is 10.5. The van der Waals surface area contributed by atoms with E-state index >= 15 is 0 Å². The van der Waals surface area contributed by atoms with Crippen LogP contribution in [0, 0.1) is 0 Å². The van der Waals surface area contributed by atoms with Crippen LogP contribution in [-0.4, -0.2) is 29.9 Å². The van der Waals surface area contributed by atoms with E-state index in [9.17, 15) is 0 Å². The van der Waals surface area contributed by atoms with Crippen molar-refractivity contribution in [2.75, 3.05) is 0 Å². The highest BCUT2D eigenvalue weighted by Crippen LogP contribution is 2.58. The van der Waals surface area contributed by atoms with E-state index in [-0.39, 0.29) is 0 Å². The molecule has 0 aliphatic heterocycles. The van der Waals surface area contributed by atoms with Gasteiger partial charge in [-0.05, 0) is 105 Å². The van der Waals surface area contributed by atoms with Gasteiger partial charge in [-0.2, -0.15) is 0 Å². The molecule has 5 aromatic carbocycles. The van der Waals surface area contributed by atoms with E-state index < -0.39 is 5.41 Å². The summed E-state index contributed by atoms with van der Waals surface area (Å²) in [6, 6.07) is 55.7. The van der Waals surface area contributed by atoms with Gasteiger partial charge < -0.3 is 0 Å². The Bertz CT molecular complexity index is 2750. The SMILES string of the molecule is C=CC.c1ccc(C2(c3ccncc3)c3ccccc3-c3c(-c4ccc(-c5cccc(-c6nc(-c7cccnc7)nc(-c7cccnc7)n6)c5)cc4)cccc32)cc1. The molecular formula is C52H38N6. The second-order valence-electron chi connectivity index (χ2n) is 14.0. The summed E-state index contributed by atoms with van der Waals surface area (Å²) in [5.41, 5.74) is 14.1. The van der Waals surface area contributed by atoms with E-state index in [1.807, 2.05) is 49.6 Å². The molecule has 58 heavy (non-hydrogen) atoms. The van der Waals surface area contributed by atoms with Crippen LogP contribution in [0.2, 0.25) is 0 Å². The number of rotatable bonds is 7. The van der Waals surface area contributed by atoms with Gasteiger partial charge in [0.25, 0.3) is 0 Å². The lowest BCUT2D eigenvalue weighted by molar-refractivity contribution is 0.766. The molecular weight excluding hydrogens is 709 g/mol. The van der Waals surface area contributed by atoms with Crippen LogP contribution in [0.5, 0.6) is 0 Å². The Labute approximate surface area is 338 Å². The molecule has 0 fully saturated rings. The fourth-order valence-corrected chi connectivity index (χ4v) is 8.08. The molecule has 4 heterocycles. The zero-order chi connectivity index (χ0) is 39.3. The molecule has 0 radical (unpaired) electrons. The van der Waals surface area contributed by atoms with Gasteiger partial charge in [0.1, 0.15) is 0 Å². The van der Waals surface area contributed by atoms with Crippen molar-refractivity contribution in [3.05, 3.63) is 230 Å². The van der Waals surface area contributed by atoms with Crippen LogP contribution < -0.4 is 0 Å². The van der Waals surface area contributed by atoms with Gasteiger partial charge in [-0.1, -0.05) is 121 Å². The average Bonchev–Trinajstić information content (AvgIpc) is 3.62. The number of pyridine rings is 3. The fourth-order valence-electron chi connectivity index (χ4n) is 8.08. The third-order valence-electron chi connectivity index (χ3n) is 10.5. The minimum absolute atomic E-state index is 0.477. The zero-order valence-corrected chi connectivity index (χ0v) is 31.9. The summed E-state index contributed by atoms with van der Waals surface area (Å²) in [6.45, 7) is 5.25. The molecule has 0 N–H and O–H groups in total. The van der Waals surface area contributed by atoms with Crippen LogP contribution in [0.15, 0.2) is 208 Å². The first-order chi connectivity index (χ1) is 28.7. The maximum absolute atomic E-state index is 4.91. The lowest BCUT2D eigenvalue weighted by Crippen LogP contribution is -2.28. The Morgan fingerprint density at radius 2 is 0.931 bits per heavy atom. The van der Waals surface area contributed by atoms with E-state index in [0.717, 1.165) is 33.4 Å². The zero-order valence-electron chi connectivity index (χ0n) is 31.9. The quantitative estimate of drug-likeness (QED) is 0.151. The lowest BCUT2D eigenvalue weighted by atomic mass is 9.68. The summed E-state index contributed by atoms with van der Waals surface area (Å²) in [6.07, 6.45) is 12.6. The molecule has 10 rings (SSSR count). The Hall–Kier alpha value is -7.70. The number of aromatic nitrogens is 6. The van der Waals surface area contributed by atoms with Gasteiger partial charge in [-0.15, -0.1) is 6.58 Å². The van der Waals surface area contributed by atoms with Gasteiger partial charge in [0.05, 0.1) is 5.41 Å². The topological polar surface area (TPSA) is 77.3 Å². The summed E-state index contributed by atoms with van der Waals surface area (Å²) in [4.78, 5) is 27.6. The maximum atomic E-state index is 4.91. The van der Waals surface area contributed by atoms with E-state index in [2.05, 4.69) is 149 Å².